The van der Waals surface area contributed by atoms with E-state index in [1.54, 1.807) is 82.4 Å². The average molecular weight is 1050 g/mol. The van der Waals surface area contributed by atoms with E-state index in [0.717, 1.165) is 14.0 Å². The van der Waals surface area contributed by atoms with Gasteiger partial charge in [-0.05, 0) is 95.6 Å². The first kappa shape index (κ1) is 51.2. The molecule has 0 aliphatic rings. The van der Waals surface area contributed by atoms with Crippen LogP contribution in [0.15, 0.2) is 118 Å². The van der Waals surface area contributed by atoms with Crippen LogP contribution < -0.4 is 8.61 Å². The number of aryl methyl sites for hydroxylation is 2. The van der Waals surface area contributed by atoms with Crippen LogP contribution in [0.1, 0.15) is 45.6 Å². The van der Waals surface area contributed by atoms with Crippen LogP contribution in [0, 0.1) is 6.92 Å². The first-order valence-corrected chi connectivity index (χ1v) is 28.0. The van der Waals surface area contributed by atoms with E-state index >= 15 is 0 Å². The molecule has 22 heteroatoms. The summed E-state index contributed by atoms with van der Waals surface area (Å²) in [5, 5.41) is 6.53. The van der Waals surface area contributed by atoms with Crippen LogP contribution in [0.25, 0.3) is 33.1 Å². The van der Waals surface area contributed by atoms with Crippen molar-refractivity contribution in [3.05, 3.63) is 135 Å². The first-order chi connectivity index (χ1) is 31.3. The molecule has 0 aliphatic carbocycles. The second-order valence-electron chi connectivity index (χ2n) is 14.6. The van der Waals surface area contributed by atoms with E-state index in [-0.39, 0.29) is 55.4 Å². The predicted molar refractivity (Wildman–Crippen MR) is 264 cm³/mol. The van der Waals surface area contributed by atoms with Crippen LogP contribution in [0.3, 0.4) is 0 Å². The third-order valence-electron chi connectivity index (χ3n) is 10.3. The lowest BCUT2D eigenvalue weighted by Crippen LogP contribution is -2.39. The molecule has 0 bridgehead atoms. The molecule has 0 fully saturated rings. The van der Waals surface area contributed by atoms with Crippen molar-refractivity contribution in [2.75, 3.05) is 27.7 Å². The summed E-state index contributed by atoms with van der Waals surface area (Å²) >= 11 is 24.4. The molecule has 0 saturated heterocycles. The zero-order valence-corrected chi connectivity index (χ0v) is 42.5. The number of anilines is 2. The Morgan fingerprint density at radius 2 is 1.44 bits per heavy atom. The molecule has 2 aromatic heterocycles. The van der Waals surface area contributed by atoms with Crippen LogP contribution in [0.4, 0.5) is 11.4 Å². The third kappa shape index (κ3) is 11.2. The van der Waals surface area contributed by atoms with Gasteiger partial charge < -0.3 is 9.05 Å². The number of aromatic nitrogens is 3. The van der Waals surface area contributed by atoms with Gasteiger partial charge in [0.2, 0.25) is 19.1 Å². The van der Waals surface area contributed by atoms with Gasteiger partial charge in [0.1, 0.15) is 6.29 Å². The molecule has 0 spiro atoms. The molecule has 3 unspecified atom stereocenters. The monoisotopic (exact) mass is 1050 g/mol. The smallest absolute Gasteiger partial charge is 0.339 e. The third-order valence-corrected chi connectivity index (χ3v) is 18.5. The van der Waals surface area contributed by atoms with Crippen molar-refractivity contribution in [3.8, 4) is 11.4 Å². The Kier molecular flexibility index (Phi) is 16.6. The van der Waals surface area contributed by atoms with Crippen molar-refractivity contribution in [3.63, 3.8) is 0 Å². The number of pyridine rings is 1. The Hall–Kier alpha value is -4.18. The zero-order valence-electron chi connectivity index (χ0n) is 36.1. The number of hydrogen-bond acceptors (Lipinski definition) is 11. The van der Waals surface area contributed by atoms with E-state index in [9.17, 15) is 30.9 Å². The highest BCUT2D eigenvalue weighted by molar-refractivity contribution is 7.93. The molecule has 2 heterocycles. The fourth-order valence-corrected chi connectivity index (χ4v) is 15.2. The lowest BCUT2D eigenvalue weighted by atomic mass is 10.1. The van der Waals surface area contributed by atoms with Gasteiger partial charge in [0.25, 0.3) is 25.8 Å². The molecule has 0 radical (unpaired) electrons. The highest BCUT2D eigenvalue weighted by Gasteiger charge is 2.44. The molecule has 1 N–H and O–H groups in total. The molecule has 7 rings (SSSR count). The molecule has 14 nitrogen and oxygen atoms in total. The standard InChI is InChI=1S/C24H24Cl2N3O5PS.C20H19Cl2N2O4PS/c1-4-33-35(30,5-2)15-29(36(31,32)21-13-19(25)12-20(26)14-21)23-8-6-7-17-11-18(9-10-22(17)23)24-27-16(3)34-28-24;1-3-13-7-8-18-17(6-5-9-23-18)20(13)24(19(4-2)29(25)26)30(27,28)16-11-14(21)10-15(22)12-16/h6-14H,4-5,15H2,1-3H3;5-12,19H,3-4H2,1-2H3/p+1. The van der Waals surface area contributed by atoms with Gasteiger partial charge in [-0.15, -0.1) is 0 Å². The zero-order chi connectivity index (χ0) is 48.1. The van der Waals surface area contributed by atoms with Crippen molar-refractivity contribution in [2.24, 2.45) is 0 Å². The number of rotatable bonds is 16. The molecule has 0 saturated carbocycles. The van der Waals surface area contributed by atoms with E-state index < -0.39 is 41.2 Å². The second-order valence-corrected chi connectivity index (χ2v) is 24.0. The summed E-state index contributed by atoms with van der Waals surface area (Å²) in [6.07, 6.45) is 2.06. The maximum atomic E-state index is 14.0. The van der Waals surface area contributed by atoms with E-state index in [2.05, 4.69) is 15.1 Å². The van der Waals surface area contributed by atoms with E-state index in [4.69, 9.17) is 55.5 Å². The minimum Gasteiger partial charge on any atom is -0.339 e. The van der Waals surface area contributed by atoms with Crippen molar-refractivity contribution < 1.29 is 39.9 Å². The Morgan fingerprint density at radius 1 is 0.803 bits per heavy atom. The maximum Gasteiger partial charge on any atom is 0.531 e. The summed E-state index contributed by atoms with van der Waals surface area (Å²) < 4.78 is 94.2. The number of nitrogens with zero attached hydrogens (tertiary/aromatic N) is 5. The number of fused-ring (bicyclic) bond motifs is 2. The van der Waals surface area contributed by atoms with Crippen molar-refractivity contribution in [2.45, 2.75) is 63.0 Å². The van der Waals surface area contributed by atoms with E-state index in [1.165, 1.54) is 36.4 Å². The average Bonchev–Trinajstić information content (AvgIpc) is 3.72. The fraction of sp³-hybridized carbons (Fsp3) is 0.250. The van der Waals surface area contributed by atoms with Crippen LogP contribution in [-0.4, -0.2) is 61.7 Å². The summed E-state index contributed by atoms with van der Waals surface area (Å²) in [5.41, 5.74) is 2.68. The molecule has 7 aromatic rings. The minimum atomic E-state index is -4.29. The predicted octanol–water partition coefficient (Wildman–Crippen LogP) is 12.8. The Labute approximate surface area is 404 Å². The maximum absolute atomic E-state index is 14.0. The molecule has 0 aliphatic heterocycles. The van der Waals surface area contributed by atoms with E-state index in [1.807, 2.05) is 19.1 Å². The van der Waals surface area contributed by atoms with Crippen LogP contribution in [0.5, 0.6) is 0 Å². The normalized spacial score (nSPS) is 13.5. The summed E-state index contributed by atoms with van der Waals surface area (Å²) in [6.45, 7) is 8.87. The molecule has 5 aromatic carbocycles. The summed E-state index contributed by atoms with van der Waals surface area (Å²) in [4.78, 5) is 18.3. The number of sulfonamides is 2. The van der Waals surface area contributed by atoms with Gasteiger partial charge in [0.05, 0.1) is 33.3 Å². The molecule has 348 valence electrons. The number of benzene rings is 5. The number of halogens is 4. The molecular weight excluding hydrogens is 1010 g/mol. The summed E-state index contributed by atoms with van der Waals surface area (Å²) in [5.74, 6) is -0.328. The summed E-state index contributed by atoms with van der Waals surface area (Å²) in [7, 11) is -14.7. The van der Waals surface area contributed by atoms with Crippen LogP contribution >= 0.6 is 61.8 Å². The second kappa shape index (κ2) is 21.4. The Bertz CT molecular complexity index is 3180. The van der Waals surface area contributed by atoms with Gasteiger partial charge in [-0.2, -0.15) is 9.88 Å². The quantitative estimate of drug-likeness (QED) is 0.0903. The lowest BCUT2D eigenvalue weighted by Gasteiger charge is -2.29. The van der Waals surface area contributed by atoms with Crippen LogP contribution in [0.2, 0.25) is 20.1 Å². The fourth-order valence-electron chi connectivity index (χ4n) is 7.15. The highest BCUT2D eigenvalue weighted by Crippen LogP contribution is 2.50. The minimum absolute atomic E-state index is 0.116. The summed E-state index contributed by atoms with van der Waals surface area (Å²) in [6, 6.07) is 25.7. The molecule has 3 atom stereocenters. The van der Waals surface area contributed by atoms with Gasteiger partial charge in [0.15, 0.2) is 0 Å². The van der Waals surface area contributed by atoms with Crippen molar-refractivity contribution in [1.82, 2.24) is 15.1 Å². The van der Waals surface area contributed by atoms with Gasteiger partial charge in [-0.25, -0.2) is 21.1 Å². The van der Waals surface area contributed by atoms with Gasteiger partial charge in [-0.3, -0.25) is 13.9 Å². The van der Waals surface area contributed by atoms with E-state index in [0.29, 0.717) is 56.9 Å². The Morgan fingerprint density at radius 3 is 1.98 bits per heavy atom. The topological polar surface area (TPSA) is 190 Å². The number of hydrogen-bond donors (Lipinski definition) is 1. The van der Waals surface area contributed by atoms with Gasteiger partial charge in [-0.1, -0.05) is 103 Å². The SMILES string of the molecule is CCOP(=O)(CC)CN(c1cccc2cc(-c3noc(C)n3)ccc12)S(=O)(=O)c1cc(Cl)cc(Cl)c1.CCc1ccc2ncccc2c1N(C(CC)[P+](=O)O)S(=O)(=O)c1cc(Cl)cc(Cl)c1. The molecule has 0 amide bonds. The lowest BCUT2D eigenvalue weighted by molar-refractivity contribution is 0.334. The first-order valence-electron chi connectivity index (χ1n) is 20.3. The van der Waals surface area contributed by atoms with Gasteiger partial charge >= 0.3 is 8.03 Å². The van der Waals surface area contributed by atoms with Crippen molar-refractivity contribution >= 4 is 115 Å². The Balaban J connectivity index is 0.000000222. The molecular formula is C44H44Cl4N5O9P2S2+. The van der Waals surface area contributed by atoms with Crippen LogP contribution in [-0.2, 0) is 40.1 Å². The van der Waals surface area contributed by atoms with Crippen molar-refractivity contribution in [1.29, 1.82) is 0 Å². The van der Waals surface area contributed by atoms with Gasteiger partial charge in [0, 0.05) is 62.1 Å². The largest absolute Gasteiger partial charge is 0.531 e. The molecule has 66 heavy (non-hydrogen) atoms. The highest BCUT2D eigenvalue weighted by atomic mass is 35.5.